The van der Waals surface area contributed by atoms with Gasteiger partial charge < -0.3 is 14.4 Å². The lowest BCUT2D eigenvalue weighted by atomic mass is 10.1. The van der Waals surface area contributed by atoms with Crippen LogP contribution >= 0.6 is 0 Å². The van der Waals surface area contributed by atoms with E-state index >= 15 is 0 Å². The average Bonchev–Trinajstić information content (AvgIpc) is 3.28. The van der Waals surface area contributed by atoms with E-state index in [-0.39, 0.29) is 11.9 Å². The number of nitrogens with zero attached hydrogens (tertiary/aromatic N) is 4. The topological polar surface area (TPSA) is 78.3 Å². The second kappa shape index (κ2) is 6.92. The van der Waals surface area contributed by atoms with Gasteiger partial charge >= 0.3 is 0 Å². The molecule has 7 heteroatoms. The highest BCUT2D eigenvalue weighted by Crippen LogP contribution is 2.22. The van der Waals surface area contributed by atoms with Crippen LogP contribution in [-0.4, -0.2) is 57.0 Å². The smallest absolute Gasteiger partial charge is 0.243 e. The quantitative estimate of drug-likeness (QED) is 0.779. The molecule has 0 bridgehead atoms. The number of rotatable bonds is 4. The zero-order chi connectivity index (χ0) is 18.1. The highest BCUT2D eigenvalue weighted by Gasteiger charge is 2.27. The summed E-state index contributed by atoms with van der Waals surface area (Å²) in [6, 6.07) is 8.16. The largest absolute Gasteiger partial charge is 0.361 e. The molecular weight excluding hydrogens is 330 g/mol. The van der Waals surface area contributed by atoms with E-state index in [0.717, 1.165) is 42.6 Å². The van der Waals surface area contributed by atoms with Crippen LogP contribution in [0, 0.1) is 6.92 Å². The van der Waals surface area contributed by atoms with Crippen LogP contribution in [-0.2, 0) is 11.2 Å². The molecule has 0 spiro atoms. The third-order valence-corrected chi connectivity index (χ3v) is 5.13. The summed E-state index contributed by atoms with van der Waals surface area (Å²) in [6.07, 6.45) is 2.38. The molecule has 3 heterocycles. The number of benzene rings is 1. The van der Waals surface area contributed by atoms with Crippen molar-refractivity contribution in [2.45, 2.75) is 26.3 Å². The number of piperazine rings is 1. The zero-order valence-corrected chi connectivity index (χ0v) is 15.1. The van der Waals surface area contributed by atoms with E-state index in [2.05, 4.69) is 33.0 Å². The molecule has 7 nitrogen and oxygen atoms in total. The molecule has 26 heavy (non-hydrogen) atoms. The molecule has 1 saturated heterocycles. The van der Waals surface area contributed by atoms with Gasteiger partial charge in [-0.2, -0.15) is 4.98 Å². The maximum Gasteiger partial charge on any atom is 0.243 e. The highest BCUT2D eigenvalue weighted by molar-refractivity contribution is 5.88. The third kappa shape index (κ3) is 3.22. The van der Waals surface area contributed by atoms with Gasteiger partial charge in [-0.05, 0) is 25.5 Å². The third-order valence-electron chi connectivity index (χ3n) is 5.13. The van der Waals surface area contributed by atoms with Crippen LogP contribution in [0.3, 0.4) is 0 Å². The predicted octanol–water partition coefficient (Wildman–Crippen LogP) is 2.31. The number of aromatic amines is 1. The first-order valence-corrected chi connectivity index (χ1v) is 8.99. The van der Waals surface area contributed by atoms with Crippen molar-refractivity contribution in [2.24, 2.45) is 0 Å². The van der Waals surface area contributed by atoms with Crippen molar-refractivity contribution in [3.8, 4) is 0 Å². The number of hydrogen-bond donors (Lipinski definition) is 1. The molecule has 1 unspecified atom stereocenters. The van der Waals surface area contributed by atoms with E-state index in [1.165, 1.54) is 0 Å². The van der Waals surface area contributed by atoms with E-state index in [1.807, 2.05) is 36.2 Å². The number of aryl methyl sites for hydroxylation is 1. The standard InChI is InChI=1S/C19H23N5O2/c1-13(19-21-14(2)22-26-19)23-7-9-24(10-8-23)18(25)11-15-12-20-17-6-4-3-5-16(15)17/h3-6,12-13,20H,7-11H2,1-2H3. The van der Waals surface area contributed by atoms with Crippen molar-refractivity contribution in [2.75, 3.05) is 26.2 Å². The van der Waals surface area contributed by atoms with Crippen LogP contribution in [0.25, 0.3) is 10.9 Å². The van der Waals surface area contributed by atoms with Gasteiger partial charge in [-0.25, -0.2) is 0 Å². The Morgan fingerprint density at radius 1 is 1.27 bits per heavy atom. The first kappa shape index (κ1) is 16.8. The van der Waals surface area contributed by atoms with E-state index in [1.54, 1.807) is 0 Å². The number of hydrogen-bond acceptors (Lipinski definition) is 5. The lowest BCUT2D eigenvalue weighted by Gasteiger charge is -2.36. The minimum atomic E-state index is 0.0714. The Bertz CT molecular complexity index is 907. The van der Waals surface area contributed by atoms with Crippen LogP contribution < -0.4 is 0 Å². The number of fused-ring (bicyclic) bond motifs is 1. The Morgan fingerprint density at radius 3 is 2.77 bits per heavy atom. The molecule has 0 aliphatic carbocycles. The summed E-state index contributed by atoms with van der Waals surface area (Å²) in [5.74, 6) is 1.47. The second-order valence-corrected chi connectivity index (χ2v) is 6.81. The molecule has 2 aromatic heterocycles. The fraction of sp³-hybridized carbons (Fsp3) is 0.421. The monoisotopic (exact) mass is 353 g/mol. The van der Waals surface area contributed by atoms with Crippen molar-refractivity contribution < 1.29 is 9.32 Å². The lowest BCUT2D eigenvalue weighted by molar-refractivity contribution is -0.132. The molecule has 4 rings (SSSR count). The number of aromatic nitrogens is 3. The van der Waals surface area contributed by atoms with Gasteiger partial charge in [-0.1, -0.05) is 23.4 Å². The minimum absolute atomic E-state index is 0.0714. The summed E-state index contributed by atoms with van der Waals surface area (Å²) in [6.45, 7) is 6.94. The number of carbonyl (C=O) groups excluding carboxylic acids is 1. The number of nitrogens with one attached hydrogen (secondary N) is 1. The maximum absolute atomic E-state index is 12.7. The van der Waals surface area contributed by atoms with Crippen LogP contribution in [0.4, 0.5) is 0 Å². The van der Waals surface area contributed by atoms with Gasteiger partial charge in [-0.3, -0.25) is 9.69 Å². The van der Waals surface area contributed by atoms with Crippen LogP contribution in [0.5, 0.6) is 0 Å². The molecule has 1 N–H and O–H groups in total. The van der Waals surface area contributed by atoms with Gasteiger partial charge in [0, 0.05) is 43.3 Å². The second-order valence-electron chi connectivity index (χ2n) is 6.81. The summed E-state index contributed by atoms with van der Waals surface area (Å²) in [5.41, 5.74) is 2.13. The van der Waals surface area contributed by atoms with Gasteiger partial charge in [0.05, 0.1) is 12.5 Å². The van der Waals surface area contributed by atoms with Crippen LogP contribution in [0.1, 0.15) is 30.2 Å². The van der Waals surface area contributed by atoms with Crippen LogP contribution in [0.2, 0.25) is 0 Å². The molecule has 1 aliphatic heterocycles. The summed E-state index contributed by atoms with van der Waals surface area (Å²) in [5, 5.41) is 4.99. The Balaban J connectivity index is 1.36. The van der Waals surface area contributed by atoms with Crippen molar-refractivity contribution in [3.05, 3.63) is 47.7 Å². The fourth-order valence-electron chi connectivity index (χ4n) is 3.55. The predicted molar refractivity (Wildman–Crippen MR) is 97.6 cm³/mol. The molecule has 1 amide bonds. The normalized spacial score (nSPS) is 16.9. The van der Waals surface area contributed by atoms with Crippen molar-refractivity contribution >= 4 is 16.8 Å². The van der Waals surface area contributed by atoms with E-state index in [0.29, 0.717) is 18.1 Å². The van der Waals surface area contributed by atoms with Crippen molar-refractivity contribution in [1.29, 1.82) is 0 Å². The van der Waals surface area contributed by atoms with Gasteiger partial charge in [-0.15, -0.1) is 0 Å². The molecule has 3 aromatic rings. The summed E-state index contributed by atoms with van der Waals surface area (Å²) in [4.78, 5) is 24.5. The molecular formula is C19H23N5O2. The lowest BCUT2D eigenvalue weighted by Crippen LogP contribution is -2.49. The fourth-order valence-corrected chi connectivity index (χ4v) is 3.55. The van der Waals surface area contributed by atoms with Crippen molar-refractivity contribution in [3.63, 3.8) is 0 Å². The molecule has 1 aromatic carbocycles. The Morgan fingerprint density at radius 2 is 2.04 bits per heavy atom. The summed E-state index contributed by atoms with van der Waals surface area (Å²) < 4.78 is 5.28. The SMILES string of the molecule is Cc1noc(C(C)N2CCN(C(=O)Cc3c[nH]c4ccccc34)CC2)n1. The molecule has 0 radical (unpaired) electrons. The van der Waals surface area contributed by atoms with Crippen molar-refractivity contribution in [1.82, 2.24) is 24.9 Å². The molecule has 1 fully saturated rings. The number of carbonyl (C=O) groups is 1. The first-order valence-electron chi connectivity index (χ1n) is 8.99. The number of H-pyrrole nitrogens is 1. The van der Waals surface area contributed by atoms with Gasteiger partial charge in [0.2, 0.25) is 11.8 Å². The Labute approximate surface area is 152 Å². The van der Waals surface area contributed by atoms with Gasteiger partial charge in [0.15, 0.2) is 5.82 Å². The minimum Gasteiger partial charge on any atom is -0.361 e. The molecule has 1 aliphatic rings. The number of para-hydroxylation sites is 1. The first-order chi connectivity index (χ1) is 12.6. The highest BCUT2D eigenvalue weighted by atomic mass is 16.5. The molecule has 1 atom stereocenters. The van der Waals surface area contributed by atoms with Gasteiger partial charge in [0.1, 0.15) is 0 Å². The van der Waals surface area contributed by atoms with E-state index in [9.17, 15) is 4.79 Å². The maximum atomic E-state index is 12.7. The number of amides is 1. The van der Waals surface area contributed by atoms with E-state index in [4.69, 9.17) is 4.52 Å². The summed E-state index contributed by atoms with van der Waals surface area (Å²) in [7, 11) is 0. The summed E-state index contributed by atoms with van der Waals surface area (Å²) >= 11 is 0. The van der Waals surface area contributed by atoms with Gasteiger partial charge in [0.25, 0.3) is 0 Å². The Kier molecular flexibility index (Phi) is 4.46. The zero-order valence-electron chi connectivity index (χ0n) is 15.1. The molecule has 0 saturated carbocycles. The average molecular weight is 353 g/mol. The molecule has 136 valence electrons. The van der Waals surface area contributed by atoms with E-state index < -0.39 is 0 Å². The Hall–Kier alpha value is -2.67. The van der Waals surface area contributed by atoms with Crippen LogP contribution in [0.15, 0.2) is 35.0 Å².